The monoisotopic (exact) mass is 482 g/mol. The highest BCUT2D eigenvalue weighted by Gasteiger charge is 2.31. The molecule has 0 radical (unpaired) electrons. The van der Waals surface area contributed by atoms with Gasteiger partial charge in [0.25, 0.3) is 5.91 Å². The maximum atomic E-state index is 13.4. The first-order chi connectivity index (χ1) is 16.4. The van der Waals surface area contributed by atoms with E-state index < -0.39 is 9.84 Å². The average Bonchev–Trinajstić information content (AvgIpc) is 3.25. The zero-order valence-corrected chi connectivity index (χ0v) is 20.2. The number of aromatic nitrogens is 3. The first-order valence-corrected chi connectivity index (χ1v) is 13.6. The van der Waals surface area contributed by atoms with Crippen molar-refractivity contribution in [1.82, 2.24) is 24.2 Å². The predicted octanol–water partition coefficient (Wildman–Crippen LogP) is 1.81. The number of hydrogen-bond acceptors (Lipinski definition) is 7. The number of carbonyl (C=O) groups excluding carboxylic acids is 1. The summed E-state index contributed by atoms with van der Waals surface area (Å²) in [5, 5.41) is -0.0919. The molecule has 5 rings (SSSR count). The number of rotatable bonds is 5. The number of fused-ring (bicyclic) bond motifs is 1. The minimum atomic E-state index is -3.56. The lowest BCUT2D eigenvalue weighted by atomic mass is 9.96. The summed E-state index contributed by atoms with van der Waals surface area (Å²) in [5.41, 5.74) is 0.742. The largest absolute Gasteiger partial charge is 0.354 e. The van der Waals surface area contributed by atoms with Crippen molar-refractivity contribution < 1.29 is 13.2 Å². The summed E-state index contributed by atoms with van der Waals surface area (Å²) in [4.78, 5) is 28.8. The van der Waals surface area contributed by atoms with Crippen LogP contribution in [0.15, 0.2) is 53.9 Å². The fourth-order valence-corrected chi connectivity index (χ4v) is 5.82. The van der Waals surface area contributed by atoms with Gasteiger partial charge in [-0.15, -0.1) is 0 Å². The van der Waals surface area contributed by atoms with Crippen molar-refractivity contribution in [3.63, 3.8) is 0 Å². The first kappa shape index (κ1) is 22.8. The van der Waals surface area contributed by atoms with Crippen molar-refractivity contribution >= 4 is 27.1 Å². The maximum Gasteiger partial charge on any atom is 0.274 e. The van der Waals surface area contributed by atoms with Crippen LogP contribution in [0.2, 0.25) is 0 Å². The van der Waals surface area contributed by atoms with Gasteiger partial charge in [0, 0.05) is 64.5 Å². The number of piperazine rings is 1. The van der Waals surface area contributed by atoms with Crippen LogP contribution < -0.4 is 4.90 Å². The Balaban J connectivity index is 1.24. The highest BCUT2D eigenvalue weighted by Crippen LogP contribution is 2.24. The van der Waals surface area contributed by atoms with E-state index >= 15 is 0 Å². The van der Waals surface area contributed by atoms with Gasteiger partial charge in [0.05, 0.1) is 5.52 Å². The molecule has 2 fully saturated rings. The Morgan fingerprint density at radius 3 is 2.59 bits per heavy atom. The fourth-order valence-electron chi connectivity index (χ4n) is 5.04. The molecule has 3 aromatic rings. The molecular weight excluding hydrogens is 452 g/mol. The van der Waals surface area contributed by atoms with E-state index in [2.05, 4.69) is 25.8 Å². The summed E-state index contributed by atoms with van der Waals surface area (Å²) in [6.45, 7) is 6.14. The number of hydrogen-bond donors (Lipinski definition) is 0. The van der Waals surface area contributed by atoms with Crippen LogP contribution in [0.1, 0.15) is 23.3 Å². The van der Waals surface area contributed by atoms with Crippen LogP contribution in [-0.4, -0.2) is 90.6 Å². The van der Waals surface area contributed by atoms with Crippen LogP contribution >= 0.6 is 0 Å². The molecule has 0 aliphatic carbocycles. The number of imidazole rings is 1. The second kappa shape index (κ2) is 9.34. The van der Waals surface area contributed by atoms with Crippen molar-refractivity contribution in [1.29, 1.82) is 0 Å². The van der Waals surface area contributed by atoms with E-state index in [0.29, 0.717) is 24.5 Å². The third-order valence-corrected chi connectivity index (χ3v) is 7.67. The molecule has 1 unspecified atom stereocenters. The van der Waals surface area contributed by atoms with Gasteiger partial charge in [-0.2, -0.15) is 0 Å². The van der Waals surface area contributed by atoms with Gasteiger partial charge in [-0.05, 0) is 43.0 Å². The van der Waals surface area contributed by atoms with Crippen molar-refractivity contribution in [2.24, 2.45) is 5.92 Å². The predicted molar refractivity (Wildman–Crippen MR) is 130 cm³/mol. The van der Waals surface area contributed by atoms with Gasteiger partial charge < -0.3 is 9.80 Å². The SMILES string of the molecule is CS(=O)(=O)c1nc(C(=O)N2CCCC(CN3CCN(c4ccccn4)CC3)C2)c2ccccn12. The van der Waals surface area contributed by atoms with Crippen molar-refractivity contribution in [3.8, 4) is 0 Å². The Morgan fingerprint density at radius 1 is 1.06 bits per heavy atom. The van der Waals surface area contributed by atoms with Crippen LogP contribution in [0.4, 0.5) is 5.82 Å². The molecule has 0 saturated carbocycles. The fraction of sp³-hybridized carbons (Fsp3) is 0.458. The van der Waals surface area contributed by atoms with Gasteiger partial charge in [0.1, 0.15) is 5.82 Å². The number of pyridine rings is 2. The van der Waals surface area contributed by atoms with Gasteiger partial charge in [-0.3, -0.25) is 14.1 Å². The maximum absolute atomic E-state index is 13.4. The van der Waals surface area contributed by atoms with Crippen molar-refractivity contribution in [2.45, 2.75) is 18.0 Å². The minimum Gasteiger partial charge on any atom is -0.354 e. The van der Waals surface area contributed by atoms with Gasteiger partial charge >= 0.3 is 0 Å². The summed E-state index contributed by atoms with van der Waals surface area (Å²) in [6, 6.07) is 11.3. The minimum absolute atomic E-state index is 0.0919. The summed E-state index contributed by atoms with van der Waals surface area (Å²) >= 11 is 0. The van der Waals surface area contributed by atoms with Crippen LogP contribution in [0, 0.1) is 5.92 Å². The van der Waals surface area contributed by atoms with E-state index in [0.717, 1.165) is 57.6 Å². The molecule has 34 heavy (non-hydrogen) atoms. The molecule has 0 aromatic carbocycles. The zero-order valence-electron chi connectivity index (χ0n) is 19.4. The highest BCUT2D eigenvalue weighted by molar-refractivity contribution is 7.90. The number of likely N-dealkylation sites (tertiary alicyclic amines) is 1. The zero-order chi connectivity index (χ0) is 23.7. The van der Waals surface area contributed by atoms with E-state index in [1.807, 2.05) is 23.2 Å². The Hall–Kier alpha value is -2.98. The molecule has 0 bridgehead atoms. The molecule has 2 aliphatic heterocycles. The molecular formula is C24H30N6O3S. The number of anilines is 1. The Morgan fingerprint density at radius 2 is 1.85 bits per heavy atom. The molecule has 10 heteroatoms. The third kappa shape index (κ3) is 4.65. The lowest BCUT2D eigenvalue weighted by Crippen LogP contribution is -2.50. The molecule has 0 N–H and O–H groups in total. The van der Waals surface area contributed by atoms with Crippen LogP contribution in [0.25, 0.3) is 5.52 Å². The van der Waals surface area contributed by atoms with Crippen molar-refractivity contribution in [2.75, 3.05) is 57.0 Å². The first-order valence-electron chi connectivity index (χ1n) is 11.7. The molecule has 5 heterocycles. The summed E-state index contributed by atoms with van der Waals surface area (Å²) < 4.78 is 25.9. The molecule has 1 amide bonds. The van der Waals surface area contributed by atoms with Crippen LogP contribution in [-0.2, 0) is 9.84 Å². The molecule has 0 spiro atoms. The number of carbonyl (C=O) groups is 1. The van der Waals surface area contributed by atoms with Gasteiger partial charge in [-0.25, -0.2) is 18.4 Å². The summed E-state index contributed by atoms with van der Waals surface area (Å²) in [6.07, 6.45) is 6.61. The number of piperidine rings is 1. The van der Waals surface area contributed by atoms with Crippen LogP contribution in [0.5, 0.6) is 0 Å². The summed E-state index contributed by atoms with van der Waals surface area (Å²) in [7, 11) is -3.56. The van der Waals surface area contributed by atoms with E-state index in [1.165, 1.54) is 4.40 Å². The lowest BCUT2D eigenvalue weighted by Gasteiger charge is -2.39. The molecule has 9 nitrogen and oxygen atoms in total. The molecule has 180 valence electrons. The summed E-state index contributed by atoms with van der Waals surface area (Å²) in [5.74, 6) is 1.22. The standard InChI is InChI=1S/C24H30N6O3S/c1-34(32,33)24-26-22(20-8-3-5-12-30(20)24)23(31)29-11-6-7-19(18-29)17-27-13-15-28(16-14-27)21-9-2-4-10-25-21/h2-5,8-10,12,19H,6-7,11,13-18H2,1H3. The van der Waals surface area contributed by atoms with Gasteiger partial charge in [0.2, 0.25) is 15.0 Å². The molecule has 2 saturated heterocycles. The van der Waals surface area contributed by atoms with Crippen LogP contribution in [0.3, 0.4) is 0 Å². The van der Waals surface area contributed by atoms with E-state index in [4.69, 9.17) is 0 Å². The van der Waals surface area contributed by atoms with Gasteiger partial charge in [0.15, 0.2) is 5.69 Å². The average molecular weight is 483 g/mol. The highest BCUT2D eigenvalue weighted by atomic mass is 32.2. The van der Waals surface area contributed by atoms with E-state index in [1.54, 1.807) is 24.4 Å². The van der Waals surface area contributed by atoms with Gasteiger partial charge in [-0.1, -0.05) is 12.1 Å². The Bertz CT molecular complexity index is 1270. The lowest BCUT2D eigenvalue weighted by molar-refractivity contribution is 0.0633. The quantitative estimate of drug-likeness (QED) is 0.548. The van der Waals surface area contributed by atoms with E-state index in [-0.39, 0.29) is 16.8 Å². The molecule has 3 aromatic heterocycles. The third-order valence-electron chi connectivity index (χ3n) is 6.72. The number of sulfone groups is 1. The molecule has 1 atom stereocenters. The second-order valence-corrected chi connectivity index (χ2v) is 11.1. The second-order valence-electron chi connectivity index (χ2n) is 9.21. The number of nitrogens with zero attached hydrogens (tertiary/aromatic N) is 6. The topological polar surface area (TPSA) is 91.1 Å². The smallest absolute Gasteiger partial charge is 0.274 e. The normalized spacial score (nSPS) is 20.1. The van der Waals surface area contributed by atoms with Crippen molar-refractivity contribution in [3.05, 3.63) is 54.5 Å². The Kier molecular flexibility index (Phi) is 6.26. The van der Waals surface area contributed by atoms with E-state index in [9.17, 15) is 13.2 Å². The number of amides is 1. The molecule has 2 aliphatic rings. The Labute approximate surface area is 199 Å².